The van der Waals surface area contributed by atoms with Crippen LogP contribution in [0.25, 0.3) is 0 Å². The number of likely N-dealkylation sites (N-methyl/N-ethyl adjacent to an activating group) is 1. The second-order valence-corrected chi connectivity index (χ2v) is 5.61. The van der Waals surface area contributed by atoms with Crippen LogP contribution in [-0.2, 0) is 0 Å². The van der Waals surface area contributed by atoms with E-state index in [4.69, 9.17) is 8.83 Å². The molecular formula is C16H22N4O4. The van der Waals surface area contributed by atoms with Crippen LogP contribution < -0.4 is 16.2 Å². The molecule has 1 unspecified atom stereocenters. The number of hydrazine groups is 1. The molecule has 1 atom stereocenters. The molecule has 0 aliphatic heterocycles. The summed E-state index contributed by atoms with van der Waals surface area (Å²) in [6.07, 6.45) is 1.58. The van der Waals surface area contributed by atoms with Crippen molar-refractivity contribution in [2.75, 3.05) is 20.6 Å². The molecular weight excluding hydrogens is 312 g/mol. The summed E-state index contributed by atoms with van der Waals surface area (Å²) in [4.78, 5) is 25.8. The molecule has 0 aliphatic carbocycles. The van der Waals surface area contributed by atoms with Crippen molar-refractivity contribution in [2.45, 2.75) is 19.9 Å². The summed E-state index contributed by atoms with van der Waals surface area (Å²) in [7, 11) is 3.77. The number of rotatable bonds is 5. The Hall–Kier alpha value is -2.74. The average molecular weight is 334 g/mol. The summed E-state index contributed by atoms with van der Waals surface area (Å²) in [5.74, 6) is 1.44. The van der Waals surface area contributed by atoms with Gasteiger partial charge in [0.25, 0.3) is 5.91 Å². The zero-order chi connectivity index (χ0) is 17.7. The predicted molar refractivity (Wildman–Crippen MR) is 87.3 cm³/mol. The van der Waals surface area contributed by atoms with Gasteiger partial charge in [0.15, 0.2) is 0 Å². The van der Waals surface area contributed by atoms with E-state index in [2.05, 4.69) is 16.2 Å². The Balaban J connectivity index is 1.82. The van der Waals surface area contributed by atoms with Crippen molar-refractivity contribution in [1.82, 2.24) is 21.1 Å². The highest BCUT2D eigenvalue weighted by molar-refractivity contribution is 5.96. The summed E-state index contributed by atoms with van der Waals surface area (Å²) in [6.45, 7) is 3.76. The minimum Gasteiger partial charge on any atom is -0.468 e. The fourth-order valence-electron chi connectivity index (χ4n) is 2.29. The molecule has 0 fully saturated rings. The monoisotopic (exact) mass is 334 g/mol. The van der Waals surface area contributed by atoms with Crippen molar-refractivity contribution in [2.24, 2.45) is 0 Å². The Bertz CT molecular complexity index is 691. The first-order chi connectivity index (χ1) is 11.4. The van der Waals surface area contributed by atoms with Gasteiger partial charge in [-0.3, -0.25) is 15.1 Å². The van der Waals surface area contributed by atoms with E-state index in [1.807, 2.05) is 25.1 Å². The number of carbonyl (C=O) groups excluding carboxylic acids is 2. The maximum atomic E-state index is 12.0. The summed E-state index contributed by atoms with van der Waals surface area (Å²) in [5, 5.41) is 2.69. The standard InChI is InChI=1S/C16H22N4O4/c1-10-8-12(11(2)24-10)15(21)18-19-16(22)17-9-13(20(3)4)14-6-5-7-23-14/h5-8,13H,9H2,1-4H3,(H,18,21)(H2,17,19,22). The zero-order valence-corrected chi connectivity index (χ0v) is 14.2. The normalized spacial score (nSPS) is 12.0. The molecule has 8 heteroatoms. The Morgan fingerprint density at radius 2 is 2.00 bits per heavy atom. The van der Waals surface area contributed by atoms with Gasteiger partial charge in [-0.15, -0.1) is 0 Å². The molecule has 24 heavy (non-hydrogen) atoms. The third-order valence-corrected chi connectivity index (χ3v) is 3.53. The lowest BCUT2D eigenvalue weighted by atomic mass is 10.2. The van der Waals surface area contributed by atoms with Crippen LogP contribution >= 0.6 is 0 Å². The fraction of sp³-hybridized carbons (Fsp3) is 0.375. The number of furan rings is 2. The van der Waals surface area contributed by atoms with Gasteiger partial charge in [0.05, 0.1) is 17.9 Å². The van der Waals surface area contributed by atoms with Gasteiger partial charge in [0.1, 0.15) is 17.3 Å². The third-order valence-electron chi connectivity index (χ3n) is 3.53. The van der Waals surface area contributed by atoms with Crippen LogP contribution in [0.5, 0.6) is 0 Å². The van der Waals surface area contributed by atoms with E-state index in [0.29, 0.717) is 23.6 Å². The molecule has 3 N–H and O–H groups in total. The Labute approximate surface area is 140 Å². The Morgan fingerprint density at radius 1 is 1.25 bits per heavy atom. The van der Waals surface area contributed by atoms with Crippen molar-refractivity contribution >= 4 is 11.9 Å². The van der Waals surface area contributed by atoms with Crippen molar-refractivity contribution in [3.05, 3.63) is 47.3 Å². The molecule has 0 saturated heterocycles. The topological polar surface area (TPSA) is 99.8 Å². The number of amides is 3. The molecule has 0 saturated carbocycles. The number of urea groups is 1. The quantitative estimate of drug-likeness (QED) is 0.723. The van der Waals surface area contributed by atoms with E-state index in [-0.39, 0.29) is 6.04 Å². The van der Waals surface area contributed by atoms with Crippen LogP contribution in [0.1, 0.15) is 33.7 Å². The van der Waals surface area contributed by atoms with Gasteiger partial charge in [-0.05, 0) is 46.1 Å². The highest BCUT2D eigenvalue weighted by atomic mass is 16.3. The molecule has 0 radical (unpaired) electrons. The van der Waals surface area contributed by atoms with Gasteiger partial charge in [0.2, 0.25) is 0 Å². The molecule has 0 aliphatic rings. The number of carbonyl (C=O) groups is 2. The lowest BCUT2D eigenvalue weighted by Gasteiger charge is -2.22. The predicted octanol–water partition coefficient (Wildman–Crippen LogP) is 1.74. The van der Waals surface area contributed by atoms with Crippen LogP contribution in [0.3, 0.4) is 0 Å². The van der Waals surface area contributed by atoms with Gasteiger partial charge in [-0.2, -0.15) is 0 Å². The second kappa shape index (κ2) is 7.69. The van der Waals surface area contributed by atoms with Crippen LogP contribution in [0, 0.1) is 13.8 Å². The third kappa shape index (κ3) is 4.39. The smallest absolute Gasteiger partial charge is 0.333 e. The van der Waals surface area contributed by atoms with Crippen LogP contribution in [0.2, 0.25) is 0 Å². The molecule has 3 amide bonds. The van der Waals surface area contributed by atoms with E-state index in [1.165, 1.54) is 0 Å². The molecule has 130 valence electrons. The number of nitrogens with zero attached hydrogens (tertiary/aromatic N) is 1. The number of hydrogen-bond donors (Lipinski definition) is 3. The van der Waals surface area contributed by atoms with Gasteiger partial charge >= 0.3 is 6.03 Å². The largest absolute Gasteiger partial charge is 0.468 e. The first-order valence-corrected chi connectivity index (χ1v) is 7.49. The van der Waals surface area contributed by atoms with E-state index >= 15 is 0 Å². The van der Waals surface area contributed by atoms with Gasteiger partial charge < -0.3 is 14.2 Å². The Kier molecular flexibility index (Phi) is 5.64. The number of hydrogen-bond acceptors (Lipinski definition) is 5. The van der Waals surface area contributed by atoms with Gasteiger partial charge in [-0.1, -0.05) is 0 Å². The van der Waals surface area contributed by atoms with E-state index in [9.17, 15) is 9.59 Å². The zero-order valence-electron chi connectivity index (χ0n) is 14.2. The second-order valence-electron chi connectivity index (χ2n) is 5.61. The molecule has 2 aromatic heterocycles. The molecule has 2 heterocycles. The average Bonchev–Trinajstić information content (AvgIpc) is 3.14. The van der Waals surface area contributed by atoms with Crippen molar-refractivity contribution in [3.63, 3.8) is 0 Å². The number of aryl methyl sites for hydroxylation is 2. The lowest BCUT2D eigenvalue weighted by Crippen LogP contribution is -2.48. The SMILES string of the molecule is Cc1cc(C(=O)NNC(=O)NCC(c2ccco2)N(C)C)c(C)o1. The minimum absolute atomic E-state index is 0.111. The summed E-state index contributed by atoms with van der Waals surface area (Å²) in [5.41, 5.74) is 5.04. The van der Waals surface area contributed by atoms with Crippen molar-refractivity contribution in [1.29, 1.82) is 0 Å². The fourth-order valence-corrected chi connectivity index (χ4v) is 2.29. The molecule has 2 aromatic rings. The van der Waals surface area contributed by atoms with E-state index in [0.717, 1.165) is 5.76 Å². The van der Waals surface area contributed by atoms with E-state index in [1.54, 1.807) is 32.2 Å². The molecule has 0 spiro atoms. The highest BCUT2D eigenvalue weighted by Gasteiger charge is 2.18. The van der Waals surface area contributed by atoms with Crippen molar-refractivity contribution in [3.8, 4) is 0 Å². The van der Waals surface area contributed by atoms with Crippen LogP contribution in [0.4, 0.5) is 4.79 Å². The van der Waals surface area contributed by atoms with Crippen LogP contribution in [0.15, 0.2) is 33.3 Å². The van der Waals surface area contributed by atoms with E-state index < -0.39 is 11.9 Å². The Morgan fingerprint density at radius 3 is 2.54 bits per heavy atom. The maximum Gasteiger partial charge on any atom is 0.333 e. The first kappa shape index (κ1) is 17.6. The molecule has 2 rings (SSSR count). The lowest BCUT2D eigenvalue weighted by molar-refractivity contribution is 0.0934. The highest BCUT2D eigenvalue weighted by Crippen LogP contribution is 2.17. The van der Waals surface area contributed by atoms with Crippen molar-refractivity contribution < 1.29 is 18.4 Å². The summed E-state index contributed by atoms with van der Waals surface area (Å²) >= 11 is 0. The first-order valence-electron chi connectivity index (χ1n) is 7.49. The minimum atomic E-state index is -0.514. The molecule has 8 nitrogen and oxygen atoms in total. The van der Waals surface area contributed by atoms with Gasteiger partial charge in [0, 0.05) is 6.54 Å². The van der Waals surface area contributed by atoms with Gasteiger partial charge in [-0.25, -0.2) is 10.2 Å². The van der Waals surface area contributed by atoms with Crippen LogP contribution in [-0.4, -0.2) is 37.5 Å². The molecule has 0 bridgehead atoms. The number of nitrogens with one attached hydrogen (secondary N) is 3. The molecule has 0 aromatic carbocycles. The summed E-state index contributed by atoms with van der Waals surface area (Å²) < 4.78 is 10.7. The maximum absolute atomic E-state index is 12.0. The summed E-state index contributed by atoms with van der Waals surface area (Å²) in [6, 6.07) is 4.63.